The van der Waals surface area contributed by atoms with Gasteiger partial charge in [-0.2, -0.15) is 0 Å². The molecule has 29 heavy (non-hydrogen) atoms. The van der Waals surface area contributed by atoms with E-state index in [1.165, 1.54) is 22.5 Å². The van der Waals surface area contributed by atoms with Crippen LogP contribution in [0.1, 0.15) is 26.4 Å². The lowest BCUT2D eigenvalue weighted by molar-refractivity contribution is 0.102. The van der Waals surface area contributed by atoms with Gasteiger partial charge in [0.2, 0.25) is 0 Å². The number of nitrogens with zero attached hydrogens (tertiary/aromatic N) is 1. The van der Waals surface area contributed by atoms with Crippen LogP contribution in [0.2, 0.25) is 0 Å². The molecular weight excluding hydrogens is 380 g/mol. The van der Waals surface area contributed by atoms with E-state index in [0.29, 0.717) is 16.4 Å². The van der Waals surface area contributed by atoms with Crippen LogP contribution in [0.15, 0.2) is 85.1 Å². The number of aryl methyl sites for hydroxylation is 1. The van der Waals surface area contributed by atoms with Gasteiger partial charge in [-0.1, -0.05) is 54.1 Å². The van der Waals surface area contributed by atoms with Crippen molar-refractivity contribution in [3.05, 3.63) is 107 Å². The first-order valence-corrected chi connectivity index (χ1v) is 10.1. The molecule has 0 bridgehead atoms. The Balaban J connectivity index is 1.42. The smallest absolute Gasteiger partial charge is 0.257 e. The van der Waals surface area contributed by atoms with Crippen LogP contribution in [-0.2, 0) is 6.42 Å². The fourth-order valence-corrected chi connectivity index (χ4v) is 3.81. The Morgan fingerprint density at radius 1 is 0.966 bits per heavy atom. The summed E-state index contributed by atoms with van der Waals surface area (Å²) >= 11 is 1.49. The van der Waals surface area contributed by atoms with Crippen LogP contribution in [0, 0.1) is 6.92 Å². The van der Waals surface area contributed by atoms with Gasteiger partial charge < -0.3 is 4.74 Å². The van der Waals surface area contributed by atoms with Crippen molar-refractivity contribution in [1.29, 1.82) is 0 Å². The third kappa shape index (κ3) is 5.09. The molecule has 0 fully saturated rings. The number of ether oxygens (including phenoxy) is 1. The van der Waals surface area contributed by atoms with Crippen molar-refractivity contribution in [1.82, 2.24) is 4.98 Å². The molecule has 0 saturated carbocycles. The molecule has 5 heteroatoms. The predicted molar refractivity (Wildman–Crippen MR) is 117 cm³/mol. The second-order valence-electron chi connectivity index (χ2n) is 6.69. The summed E-state index contributed by atoms with van der Waals surface area (Å²) in [7, 11) is 0. The van der Waals surface area contributed by atoms with E-state index in [1.54, 1.807) is 18.2 Å². The molecule has 0 unspecified atom stereocenters. The Kier molecular flexibility index (Phi) is 5.68. The number of carbonyl (C=O) groups is 1. The Bertz CT molecular complexity index is 1120. The molecule has 1 amide bonds. The lowest BCUT2D eigenvalue weighted by Crippen LogP contribution is -2.11. The summed E-state index contributed by atoms with van der Waals surface area (Å²) in [4.78, 5) is 18.1. The second-order valence-corrected chi connectivity index (χ2v) is 7.81. The number of nitrogens with one attached hydrogen (secondary N) is 1. The first-order chi connectivity index (χ1) is 14.2. The van der Waals surface area contributed by atoms with Crippen molar-refractivity contribution in [2.24, 2.45) is 0 Å². The number of aromatic nitrogens is 1. The van der Waals surface area contributed by atoms with Crippen LogP contribution in [0.3, 0.4) is 0 Å². The number of hydrogen-bond donors (Lipinski definition) is 1. The summed E-state index contributed by atoms with van der Waals surface area (Å²) in [6.45, 7) is 2.08. The molecule has 0 atom stereocenters. The van der Waals surface area contributed by atoms with Gasteiger partial charge in [-0.25, -0.2) is 4.98 Å². The highest BCUT2D eigenvalue weighted by Crippen LogP contribution is 2.24. The zero-order chi connectivity index (χ0) is 20.1. The van der Waals surface area contributed by atoms with Gasteiger partial charge in [0.25, 0.3) is 5.91 Å². The molecular formula is C24H20N2O2S. The molecule has 0 aliphatic heterocycles. The largest absolute Gasteiger partial charge is 0.457 e. The molecule has 0 radical (unpaired) electrons. The van der Waals surface area contributed by atoms with E-state index in [9.17, 15) is 4.79 Å². The average Bonchev–Trinajstić information content (AvgIpc) is 3.15. The van der Waals surface area contributed by atoms with Crippen molar-refractivity contribution in [3.63, 3.8) is 0 Å². The minimum Gasteiger partial charge on any atom is -0.457 e. The summed E-state index contributed by atoms with van der Waals surface area (Å²) in [5.41, 5.74) is 2.99. The van der Waals surface area contributed by atoms with Gasteiger partial charge in [0, 0.05) is 23.1 Å². The van der Waals surface area contributed by atoms with Gasteiger partial charge in [0.05, 0.1) is 0 Å². The van der Waals surface area contributed by atoms with E-state index in [4.69, 9.17) is 4.74 Å². The highest BCUT2D eigenvalue weighted by molar-refractivity contribution is 7.15. The van der Waals surface area contributed by atoms with Gasteiger partial charge in [-0.3, -0.25) is 10.1 Å². The Morgan fingerprint density at radius 2 is 1.76 bits per heavy atom. The maximum atomic E-state index is 12.6. The summed E-state index contributed by atoms with van der Waals surface area (Å²) in [6, 6.07) is 25.0. The quantitative estimate of drug-likeness (QED) is 0.426. The number of rotatable bonds is 6. The van der Waals surface area contributed by atoms with Crippen LogP contribution >= 0.6 is 11.3 Å². The topological polar surface area (TPSA) is 51.2 Å². The van der Waals surface area contributed by atoms with Crippen molar-refractivity contribution in [3.8, 4) is 11.5 Å². The maximum absolute atomic E-state index is 12.6. The monoisotopic (exact) mass is 400 g/mol. The van der Waals surface area contributed by atoms with E-state index in [-0.39, 0.29) is 5.91 Å². The molecule has 1 aromatic heterocycles. The summed E-state index contributed by atoms with van der Waals surface area (Å²) in [5, 5.41) is 3.47. The molecule has 0 saturated heterocycles. The normalized spacial score (nSPS) is 10.5. The van der Waals surface area contributed by atoms with E-state index >= 15 is 0 Å². The molecule has 1 heterocycles. The van der Waals surface area contributed by atoms with E-state index in [2.05, 4.69) is 41.5 Å². The van der Waals surface area contributed by atoms with E-state index < -0.39 is 0 Å². The molecule has 4 rings (SSSR count). The van der Waals surface area contributed by atoms with Crippen molar-refractivity contribution >= 4 is 22.4 Å². The Labute approximate surface area is 173 Å². The average molecular weight is 401 g/mol. The SMILES string of the molecule is Cc1cccc(Cc2cnc(NC(=O)c3cccc(Oc4ccccc4)c3)s2)c1. The lowest BCUT2D eigenvalue weighted by atomic mass is 10.1. The van der Waals surface area contributed by atoms with E-state index in [0.717, 1.165) is 17.0 Å². The van der Waals surface area contributed by atoms with Gasteiger partial charge in [-0.05, 0) is 42.8 Å². The first kappa shape index (κ1) is 18.9. The van der Waals surface area contributed by atoms with Crippen molar-refractivity contribution < 1.29 is 9.53 Å². The number of thiazole rings is 1. The minimum absolute atomic E-state index is 0.208. The second kappa shape index (κ2) is 8.71. The fraction of sp³-hybridized carbons (Fsp3) is 0.0833. The van der Waals surface area contributed by atoms with Crippen molar-refractivity contribution in [2.75, 3.05) is 5.32 Å². The molecule has 0 aliphatic carbocycles. The number of carbonyl (C=O) groups excluding carboxylic acids is 1. The third-order valence-corrected chi connectivity index (χ3v) is 5.22. The standard InChI is InChI=1S/C24H20N2O2S/c1-17-7-5-8-18(13-17)14-22-16-25-24(29-22)26-23(27)19-9-6-12-21(15-19)28-20-10-3-2-4-11-20/h2-13,15-16H,14H2,1H3,(H,25,26,27). The number of anilines is 1. The number of benzene rings is 3. The third-order valence-electron chi connectivity index (χ3n) is 4.31. The van der Waals surface area contributed by atoms with Crippen LogP contribution < -0.4 is 10.1 Å². The fourth-order valence-electron chi connectivity index (χ4n) is 2.97. The van der Waals surface area contributed by atoms with Crippen LogP contribution in [0.5, 0.6) is 11.5 Å². The maximum Gasteiger partial charge on any atom is 0.257 e. The predicted octanol–water partition coefficient (Wildman–Crippen LogP) is 6.09. The summed E-state index contributed by atoms with van der Waals surface area (Å²) in [5.74, 6) is 1.13. The number of hydrogen-bond acceptors (Lipinski definition) is 4. The summed E-state index contributed by atoms with van der Waals surface area (Å²) < 4.78 is 5.81. The van der Waals surface area contributed by atoms with Gasteiger partial charge in [0.1, 0.15) is 11.5 Å². The van der Waals surface area contributed by atoms with Gasteiger partial charge in [-0.15, -0.1) is 11.3 Å². The Hall–Kier alpha value is -3.44. The zero-order valence-electron chi connectivity index (χ0n) is 16.0. The van der Waals surface area contributed by atoms with Crippen LogP contribution in [0.25, 0.3) is 0 Å². The van der Waals surface area contributed by atoms with Crippen LogP contribution in [-0.4, -0.2) is 10.9 Å². The molecule has 1 N–H and O–H groups in total. The van der Waals surface area contributed by atoms with Gasteiger partial charge >= 0.3 is 0 Å². The van der Waals surface area contributed by atoms with Crippen LogP contribution in [0.4, 0.5) is 5.13 Å². The Morgan fingerprint density at radius 3 is 2.59 bits per heavy atom. The molecule has 3 aromatic carbocycles. The van der Waals surface area contributed by atoms with Crippen molar-refractivity contribution in [2.45, 2.75) is 13.3 Å². The lowest BCUT2D eigenvalue weighted by Gasteiger charge is -2.07. The number of para-hydroxylation sites is 1. The summed E-state index contributed by atoms with van der Waals surface area (Å²) in [6.07, 6.45) is 2.62. The van der Waals surface area contributed by atoms with Gasteiger partial charge in [0.15, 0.2) is 5.13 Å². The zero-order valence-corrected chi connectivity index (χ0v) is 16.8. The molecule has 4 aromatic rings. The first-order valence-electron chi connectivity index (χ1n) is 9.30. The molecule has 0 aliphatic rings. The molecule has 4 nitrogen and oxygen atoms in total. The minimum atomic E-state index is -0.208. The van der Waals surface area contributed by atoms with E-state index in [1.807, 2.05) is 42.6 Å². The highest BCUT2D eigenvalue weighted by atomic mass is 32.1. The highest BCUT2D eigenvalue weighted by Gasteiger charge is 2.11. The number of amides is 1. The molecule has 0 spiro atoms. The molecule has 144 valence electrons.